The van der Waals surface area contributed by atoms with Crippen LogP contribution in [0.2, 0.25) is 0 Å². The quantitative estimate of drug-likeness (QED) is 0.684. The van der Waals surface area contributed by atoms with Gasteiger partial charge >= 0.3 is 0 Å². The van der Waals surface area contributed by atoms with Gasteiger partial charge in [0.15, 0.2) is 0 Å². The standard InChI is InChI=1S/C13H20N2O/c14-13(8-4-1-5-9-13)15-10-11-6-2-3-7-12(11)16/h2-3,6-7,15-16H,1,4-5,8-10,14H2. The Labute approximate surface area is 96.7 Å². The zero-order valence-electron chi connectivity index (χ0n) is 9.58. The summed E-state index contributed by atoms with van der Waals surface area (Å²) >= 11 is 0. The molecule has 3 heteroatoms. The Morgan fingerprint density at radius 1 is 1.19 bits per heavy atom. The van der Waals surface area contributed by atoms with Crippen molar-refractivity contribution in [3.63, 3.8) is 0 Å². The second-order valence-electron chi connectivity index (χ2n) is 4.70. The van der Waals surface area contributed by atoms with Crippen LogP contribution in [0.4, 0.5) is 0 Å². The maximum atomic E-state index is 9.64. The van der Waals surface area contributed by atoms with Gasteiger partial charge < -0.3 is 10.8 Å². The van der Waals surface area contributed by atoms with E-state index in [1.165, 1.54) is 19.3 Å². The average Bonchev–Trinajstić information content (AvgIpc) is 2.29. The van der Waals surface area contributed by atoms with E-state index in [1.807, 2.05) is 18.2 Å². The molecule has 1 aliphatic carbocycles. The summed E-state index contributed by atoms with van der Waals surface area (Å²) in [5.74, 6) is 0.342. The van der Waals surface area contributed by atoms with Gasteiger partial charge in [-0.2, -0.15) is 0 Å². The van der Waals surface area contributed by atoms with E-state index in [1.54, 1.807) is 6.07 Å². The molecule has 3 nitrogen and oxygen atoms in total. The molecule has 88 valence electrons. The van der Waals surface area contributed by atoms with Crippen molar-refractivity contribution in [2.45, 2.75) is 44.3 Å². The molecule has 0 amide bonds. The number of phenols is 1. The van der Waals surface area contributed by atoms with Crippen molar-refractivity contribution in [2.24, 2.45) is 5.73 Å². The van der Waals surface area contributed by atoms with Crippen LogP contribution in [-0.2, 0) is 6.54 Å². The van der Waals surface area contributed by atoms with E-state index in [0.29, 0.717) is 12.3 Å². The van der Waals surface area contributed by atoms with Gasteiger partial charge in [-0.1, -0.05) is 37.5 Å². The fraction of sp³-hybridized carbons (Fsp3) is 0.538. The average molecular weight is 220 g/mol. The fourth-order valence-electron chi connectivity index (χ4n) is 2.29. The lowest BCUT2D eigenvalue weighted by atomic mass is 9.89. The molecule has 1 fully saturated rings. The molecule has 2 rings (SSSR count). The predicted molar refractivity (Wildman–Crippen MR) is 64.9 cm³/mol. The second-order valence-corrected chi connectivity index (χ2v) is 4.70. The fourth-order valence-corrected chi connectivity index (χ4v) is 2.29. The molecule has 0 aromatic heterocycles. The van der Waals surface area contributed by atoms with Crippen LogP contribution in [0.15, 0.2) is 24.3 Å². The molecule has 0 unspecified atom stereocenters. The van der Waals surface area contributed by atoms with Crippen molar-refractivity contribution in [3.05, 3.63) is 29.8 Å². The Morgan fingerprint density at radius 2 is 1.88 bits per heavy atom. The van der Waals surface area contributed by atoms with Crippen molar-refractivity contribution in [1.29, 1.82) is 0 Å². The van der Waals surface area contributed by atoms with E-state index in [4.69, 9.17) is 5.73 Å². The minimum atomic E-state index is -0.236. The highest BCUT2D eigenvalue weighted by atomic mass is 16.3. The monoisotopic (exact) mass is 220 g/mol. The molecule has 1 aromatic carbocycles. The predicted octanol–water partition coefficient (Wildman–Crippen LogP) is 2.10. The first-order chi connectivity index (χ1) is 7.70. The van der Waals surface area contributed by atoms with E-state index >= 15 is 0 Å². The van der Waals surface area contributed by atoms with E-state index in [9.17, 15) is 5.11 Å². The van der Waals surface area contributed by atoms with Crippen LogP contribution in [-0.4, -0.2) is 10.8 Å². The summed E-state index contributed by atoms with van der Waals surface area (Å²) in [7, 11) is 0. The Balaban J connectivity index is 1.94. The van der Waals surface area contributed by atoms with E-state index in [-0.39, 0.29) is 5.66 Å². The van der Waals surface area contributed by atoms with Gasteiger partial charge in [-0.25, -0.2) is 0 Å². The van der Waals surface area contributed by atoms with E-state index < -0.39 is 0 Å². The van der Waals surface area contributed by atoms with Crippen LogP contribution in [0.1, 0.15) is 37.7 Å². The van der Waals surface area contributed by atoms with Gasteiger partial charge in [0.25, 0.3) is 0 Å². The molecule has 0 radical (unpaired) electrons. The topological polar surface area (TPSA) is 58.3 Å². The van der Waals surface area contributed by atoms with Crippen LogP contribution in [0, 0.1) is 0 Å². The van der Waals surface area contributed by atoms with E-state index in [2.05, 4.69) is 5.32 Å². The molecule has 1 saturated carbocycles. The third-order valence-corrected chi connectivity index (χ3v) is 3.37. The molecule has 1 aliphatic rings. The third-order valence-electron chi connectivity index (χ3n) is 3.37. The van der Waals surface area contributed by atoms with Gasteiger partial charge in [0.05, 0.1) is 5.66 Å². The first-order valence-corrected chi connectivity index (χ1v) is 6.00. The van der Waals surface area contributed by atoms with Gasteiger partial charge in [-0.15, -0.1) is 0 Å². The molecular formula is C13H20N2O. The van der Waals surface area contributed by atoms with Crippen LogP contribution >= 0.6 is 0 Å². The second kappa shape index (κ2) is 4.85. The summed E-state index contributed by atoms with van der Waals surface area (Å²) in [5.41, 5.74) is 6.94. The maximum absolute atomic E-state index is 9.64. The minimum Gasteiger partial charge on any atom is -0.508 e. The number of nitrogens with two attached hydrogens (primary N) is 1. The highest BCUT2D eigenvalue weighted by molar-refractivity contribution is 5.31. The third kappa shape index (κ3) is 2.74. The lowest BCUT2D eigenvalue weighted by Crippen LogP contribution is -2.54. The smallest absolute Gasteiger partial charge is 0.120 e. The zero-order chi connectivity index (χ0) is 11.4. The number of rotatable bonds is 3. The van der Waals surface area contributed by atoms with Gasteiger partial charge in [-0.3, -0.25) is 5.32 Å². The lowest BCUT2D eigenvalue weighted by molar-refractivity contribution is 0.236. The highest BCUT2D eigenvalue weighted by Crippen LogP contribution is 2.24. The van der Waals surface area contributed by atoms with Crippen molar-refractivity contribution < 1.29 is 5.11 Å². The molecule has 4 N–H and O–H groups in total. The van der Waals surface area contributed by atoms with Gasteiger partial charge in [0.2, 0.25) is 0 Å². The molecular weight excluding hydrogens is 200 g/mol. The summed E-state index contributed by atoms with van der Waals surface area (Å²) in [5, 5.41) is 13.0. The number of aromatic hydroxyl groups is 1. The molecule has 0 heterocycles. The Hall–Kier alpha value is -1.06. The Bertz CT molecular complexity index is 346. The number of nitrogens with one attached hydrogen (secondary N) is 1. The number of para-hydroxylation sites is 1. The molecule has 0 atom stereocenters. The zero-order valence-corrected chi connectivity index (χ0v) is 9.58. The summed E-state index contributed by atoms with van der Waals surface area (Å²) in [4.78, 5) is 0. The van der Waals surface area contributed by atoms with Crippen LogP contribution < -0.4 is 11.1 Å². The van der Waals surface area contributed by atoms with Gasteiger partial charge in [0.1, 0.15) is 5.75 Å². The normalized spacial score (nSPS) is 19.6. The molecule has 0 aliphatic heterocycles. The summed E-state index contributed by atoms with van der Waals surface area (Å²) in [6, 6.07) is 7.40. The summed E-state index contributed by atoms with van der Waals surface area (Å²) in [6.07, 6.45) is 5.74. The van der Waals surface area contributed by atoms with Crippen LogP contribution in [0.5, 0.6) is 5.75 Å². The Morgan fingerprint density at radius 3 is 2.56 bits per heavy atom. The highest BCUT2D eigenvalue weighted by Gasteiger charge is 2.26. The SMILES string of the molecule is NC1(NCc2ccccc2O)CCCCC1. The first-order valence-electron chi connectivity index (χ1n) is 6.00. The number of hydrogen-bond donors (Lipinski definition) is 3. The summed E-state index contributed by atoms with van der Waals surface area (Å²) in [6.45, 7) is 0.642. The van der Waals surface area contributed by atoms with Gasteiger partial charge in [0, 0.05) is 12.1 Å². The van der Waals surface area contributed by atoms with Crippen molar-refractivity contribution >= 4 is 0 Å². The number of phenolic OH excluding ortho intramolecular Hbond substituents is 1. The first kappa shape index (κ1) is 11.4. The molecule has 0 spiro atoms. The molecule has 0 bridgehead atoms. The lowest BCUT2D eigenvalue weighted by Gasteiger charge is -2.34. The number of hydrogen-bond acceptors (Lipinski definition) is 3. The van der Waals surface area contributed by atoms with Crippen molar-refractivity contribution in [3.8, 4) is 5.75 Å². The molecule has 1 aromatic rings. The summed E-state index contributed by atoms with van der Waals surface area (Å²) < 4.78 is 0. The van der Waals surface area contributed by atoms with Crippen LogP contribution in [0.25, 0.3) is 0 Å². The Kier molecular flexibility index (Phi) is 3.46. The molecule has 16 heavy (non-hydrogen) atoms. The largest absolute Gasteiger partial charge is 0.508 e. The van der Waals surface area contributed by atoms with Gasteiger partial charge in [-0.05, 0) is 18.9 Å². The van der Waals surface area contributed by atoms with E-state index in [0.717, 1.165) is 18.4 Å². The number of benzene rings is 1. The minimum absolute atomic E-state index is 0.236. The molecule has 0 saturated heterocycles. The van der Waals surface area contributed by atoms with Crippen molar-refractivity contribution in [1.82, 2.24) is 5.32 Å². The van der Waals surface area contributed by atoms with Crippen molar-refractivity contribution in [2.75, 3.05) is 0 Å². The van der Waals surface area contributed by atoms with Crippen LogP contribution in [0.3, 0.4) is 0 Å². The maximum Gasteiger partial charge on any atom is 0.120 e.